The van der Waals surface area contributed by atoms with Crippen LogP contribution in [0, 0.1) is 0 Å². The fourth-order valence-corrected chi connectivity index (χ4v) is 2.13. The Morgan fingerprint density at radius 1 is 1.42 bits per heavy atom. The first-order valence-corrected chi connectivity index (χ1v) is 7.78. The molecule has 1 rings (SSSR count). The molecular formula is C13H20N2O3S. The molecule has 6 heteroatoms. The average molecular weight is 284 g/mol. The summed E-state index contributed by atoms with van der Waals surface area (Å²) in [6, 6.07) is 6.85. The molecule has 0 saturated carbocycles. The van der Waals surface area contributed by atoms with Crippen molar-refractivity contribution in [2.75, 3.05) is 24.3 Å². The highest BCUT2D eigenvalue weighted by atomic mass is 32.2. The maximum atomic E-state index is 11.6. The van der Waals surface area contributed by atoms with Crippen LogP contribution in [0.5, 0.6) is 5.75 Å². The van der Waals surface area contributed by atoms with E-state index in [9.17, 15) is 9.00 Å². The summed E-state index contributed by atoms with van der Waals surface area (Å²) < 4.78 is 16.3. The molecule has 106 valence electrons. The number of rotatable bonds is 7. The van der Waals surface area contributed by atoms with Crippen LogP contribution in [0.1, 0.15) is 13.3 Å². The first kappa shape index (κ1) is 15.5. The number of carbonyl (C=O) groups excluding carboxylic acids is 1. The second-order valence-electron chi connectivity index (χ2n) is 4.39. The predicted molar refractivity (Wildman–Crippen MR) is 77.5 cm³/mol. The first-order valence-electron chi connectivity index (χ1n) is 6.05. The molecule has 0 heterocycles. The molecule has 1 amide bonds. The minimum Gasteiger partial charge on any atom is -0.484 e. The van der Waals surface area contributed by atoms with E-state index in [0.29, 0.717) is 23.6 Å². The van der Waals surface area contributed by atoms with Gasteiger partial charge in [-0.25, -0.2) is 0 Å². The van der Waals surface area contributed by atoms with Crippen LogP contribution in [0.15, 0.2) is 24.3 Å². The highest BCUT2D eigenvalue weighted by Gasteiger charge is 2.08. The van der Waals surface area contributed by atoms with Crippen LogP contribution in [-0.4, -0.2) is 34.8 Å². The van der Waals surface area contributed by atoms with Crippen molar-refractivity contribution in [3.63, 3.8) is 0 Å². The van der Waals surface area contributed by atoms with Gasteiger partial charge in [-0.15, -0.1) is 0 Å². The van der Waals surface area contributed by atoms with Crippen molar-refractivity contribution in [3.8, 4) is 5.75 Å². The summed E-state index contributed by atoms with van der Waals surface area (Å²) in [5.74, 6) is 0.998. The van der Waals surface area contributed by atoms with Gasteiger partial charge in [0.2, 0.25) is 0 Å². The highest BCUT2D eigenvalue weighted by molar-refractivity contribution is 7.84. The summed E-state index contributed by atoms with van der Waals surface area (Å²) in [6.07, 6.45) is 2.34. The summed E-state index contributed by atoms with van der Waals surface area (Å²) >= 11 is 0. The second-order valence-corrected chi connectivity index (χ2v) is 5.95. The van der Waals surface area contributed by atoms with E-state index in [1.54, 1.807) is 30.5 Å². The zero-order chi connectivity index (χ0) is 14.3. The summed E-state index contributed by atoms with van der Waals surface area (Å²) in [4.78, 5) is 11.6. The van der Waals surface area contributed by atoms with Crippen molar-refractivity contribution < 1.29 is 13.7 Å². The fourth-order valence-electron chi connectivity index (χ4n) is 1.44. The maximum Gasteiger partial charge on any atom is 0.258 e. The molecule has 0 aliphatic rings. The zero-order valence-electron chi connectivity index (χ0n) is 11.2. The maximum absolute atomic E-state index is 11.6. The molecule has 3 N–H and O–H groups in total. The lowest BCUT2D eigenvalue weighted by atomic mass is 10.2. The predicted octanol–water partition coefficient (Wildman–Crippen LogP) is 0.921. The molecule has 0 saturated heterocycles. The molecular weight excluding hydrogens is 264 g/mol. The van der Waals surface area contributed by atoms with Crippen LogP contribution in [0.2, 0.25) is 0 Å². The Labute approximate surface area is 116 Å². The lowest BCUT2D eigenvalue weighted by molar-refractivity contribution is -0.123. The van der Waals surface area contributed by atoms with Crippen LogP contribution in [-0.2, 0) is 15.6 Å². The third-order valence-electron chi connectivity index (χ3n) is 2.50. The molecule has 0 radical (unpaired) electrons. The monoisotopic (exact) mass is 284 g/mol. The molecule has 0 aliphatic heterocycles. The van der Waals surface area contributed by atoms with Crippen molar-refractivity contribution in [1.29, 1.82) is 0 Å². The number of hydrogen-bond donors (Lipinski definition) is 2. The molecule has 1 aromatic carbocycles. The number of ether oxygens (including phenoxy) is 1. The van der Waals surface area contributed by atoms with E-state index in [4.69, 9.17) is 10.5 Å². The van der Waals surface area contributed by atoms with Crippen molar-refractivity contribution >= 4 is 22.4 Å². The minimum atomic E-state index is -0.831. The first-order chi connectivity index (χ1) is 8.97. The highest BCUT2D eigenvalue weighted by Crippen LogP contribution is 2.12. The molecule has 19 heavy (non-hydrogen) atoms. The van der Waals surface area contributed by atoms with Gasteiger partial charge in [-0.1, -0.05) is 0 Å². The van der Waals surface area contributed by atoms with E-state index in [2.05, 4.69) is 5.32 Å². The third kappa shape index (κ3) is 6.81. The molecule has 0 aromatic heterocycles. The van der Waals surface area contributed by atoms with Crippen molar-refractivity contribution in [1.82, 2.24) is 5.32 Å². The second kappa shape index (κ2) is 7.78. The molecule has 2 atom stereocenters. The Balaban J connectivity index is 2.27. The van der Waals surface area contributed by atoms with Gasteiger partial charge in [0.1, 0.15) is 5.75 Å². The zero-order valence-corrected chi connectivity index (χ0v) is 12.0. The number of carbonyl (C=O) groups is 1. The van der Waals surface area contributed by atoms with Crippen molar-refractivity contribution in [2.45, 2.75) is 19.4 Å². The lowest BCUT2D eigenvalue weighted by Gasteiger charge is -2.13. The van der Waals surface area contributed by atoms with Crippen molar-refractivity contribution in [2.24, 2.45) is 0 Å². The fraction of sp³-hybridized carbons (Fsp3) is 0.462. The number of benzene rings is 1. The van der Waals surface area contributed by atoms with Gasteiger partial charge >= 0.3 is 0 Å². The van der Waals surface area contributed by atoms with Crippen molar-refractivity contribution in [3.05, 3.63) is 24.3 Å². The number of anilines is 1. The molecule has 2 unspecified atom stereocenters. The van der Waals surface area contributed by atoms with E-state index in [0.717, 1.165) is 0 Å². The Kier molecular flexibility index (Phi) is 6.35. The van der Waals surface area contributed by atoms with Gasteiger partial charge in [0.25, 0.3) is 5.91 Å². The summed E-state index contributed by atoms with van der Waals surface area (Å²) in [5, 5.41) is 2.79. The molecule has 1 aromatic rings. The molecule has 5 nitrogen and oxygen atoms in total. The van der Waals surface area contributed by atoms with E-state index in [1.165, 1.54) is 0 Å². The molecule has 0 bridgehead atoms. The van der Waals surface area contributed by atoms with E-state index >= 15 is 0 Å². The molecule has 0 aliphatic carbocycles. The van der Waals surface area contributed by atoms with Crippen LogP contribution < -0.4 is 15.8 Å². The van der Waals surface area contributed by atoms with Gasteiger partial charge in [0.05, 0.1) is 0 Å². The van der Waals surface area contributed by atoms with Crippen LogP contribution in [0.4, 0.5) is 5.69 Å². The quantitative estimate of drug-likeness (QED) is 0.730. The summed E-state index contributed by atoms with van der Waals surface area (Å²) in [7, 11) is -0.831. The van der Waals surface area contributed by atoms with E-state index in [-0.39, 0.29) is 18.6 Å². The Morgan fingerprint density at radius 2 is 2.05 bits per heavy atom. The number of nitrogens with one attached hydrogen (secondary N) is 1. The summed E-state index contributed by atoms with van der Waals surface area (Å²) in [5.41, 5.74) is 6.20. The van der Waals surface area contributed by atoms with E-state index in [1.807, 2.05) is 6.92 Å². The number of hydrogen-bond acceptors (Lipinski definition) is 4. The molecule has 0 spiro atoms. The van der Waals surface area contributed by atoms with Gasteiger partial charge in [0.15, 0.2) is 6.61 Å². The van der Waals surface area contributed by atoms with Gasteiger partial charge in [-0.2, -0.15) is 0 Å². The largest absolute Gasteiger partial charge is 0.484 e. The Bertz CT molecular complexity index is 434. The average Bonchev–Trinajstić information content (AvgIpc) is 2.36. The number of nitrogen functional groups attached to an aromatic ring is 1. The van der Waals surface area contributed by atoms with E-state index < -0.39 is 10.8 Å². The number of nitrogens with two attached hydrogens (primary N) is 1. The van der Waals surface area contributed by atoms with Crippen LogP contribution >= 0.6 is 0 Å². The normalized spacial score (nSPS) is 13.6. The van der Waals surface area contributed by atoms with Gasteiger partial charge in [-0.05, 0) is 37.6 Å². The minimum absolute atomic E-state index is 0.00795. The summed E-state index contributed by atoms with van der Waals surface area (Å²) in [6.45, 7) is 1.84. The standard InChI is InChI=1S/C13H20N2O3S/c1-10(7-8-19(2)17)15-13(16)9-18-12-5-3-11(14)4-6-12/h3-6,10H,7-9,14H2,1-2H3,(H,15,16). The Morgan fingerprint density at radius 3 is 2.63 bits per heavy atom. The van der Waals surface area contributed by atoms with Crippen LogP contribution in [0.3, 0.4) is 0 Å². The molecule has 0 fully saturated rings. The topological polar surface area (TPSA) is 81.4 Å². The van der Waals surface area contributed by atoms with Crippen LogP contribution in [0.25, 0.3) is 0 Å². The SMILES string of the molecule is CC(CCS(C)=O)NC(=O)COc1ccc(N)cc1. The number of amides is 1. The Hall–Kier alpha value is -1.56. The third-order valence-corrected chi connectivity index (χ3v) is 3.31. The van der Waals surface area contributed by atoms with Gasteiger partial charge in [-0.3, -0.25) is 9.00 Å². The smallest absolute Gasteiger partial charge is 0.258 e. The van der Waals surface area contributed by atoms with Gasteiger partial charge < -0.3 is 15.8 Å². The van der Waals surface area contributed by atoms with Gasteiger partial charge in [0, 0.05) is 34.5 Å². The lowest BCUT2D eigenvalue weighted by Crippen LogP contribution is -2.36.